The highest BCUT2D eigenvalue weighted by Crippen LogP contribution is 2.16. The molecule has 0 unspecified atom stereocenters. The summed E-state index contributed by atoms with van der Waals surface area (Å²) in [6, 6.07) is 9.64. The van der Waals surface area contributed by atoms with E-state index in [2.05, 4.69) is 25.4 Å². The Balaban J connectivity index is 1.58. The Bertz CT molecular complexity index is 658. The predicted molar refractivity (Wildman–Crippen MR) is 85.3 cm³/mol. The van der Waals surface area contributed by atoms with Crippen molar-refractivity contribution in [2.75, 3.05) is 20.1 Å². The molecule has 3 N–H and O–H groups in total. The number of piperidine rings is 1. The predicted octanol–water partition coefficient (Wildman–Crippen LogP) is 0.400. The van der Waals surface area contributed by atoms with Crippen LogP contribution in [0.15, 0.2) is 30.3 Å². The first-order chi connectivity index (χ1) is 11.1. The number of aromatic amines is 1. The Kier molecular flexibility index (Phi) is 4.68. The minimum atomic E-state index is -0.583. The summed E-state index contributed by atoms with van der Waals surface area (Å²) in [5, 5.41) is 19.8. The lowest BCUT2D eigenvalue weighted by Gasteiger charge is -2.32. The van der Waals surface area contributed by atoms with E-state index in [1.165, 1.54) is 0 Å². The van der Waals surface area contributed by atoms with Gasteiger partial charge in [-0.3, -0.25) is 9.89 Å². The SMILES string of the molecule is CN1CC[C@@H](O)[C@H](C(=O)NCc2nc(-c3ccccc3)n[nH]2)C1. The lowest BCUT2D eigenvalue weighted by Crippen LogP contribution is -2.48. The summed E-state index contributed by atoms with van der Waals surface area (Å²) in [4.78, 5) is 18.7. The molecule has 1 aliphatic rings. The molecule has 1 aliphatic heterocycles. The molecule has 2 aromatic rings. The molecule has 3 rings (SSSR count). The lowest BCUT2D eigenvalue weighted by atomic mass is 9.94. The van der Waals surface area contributed by atoms with Gasteiger partial charge in [-0.2, -0.15) is 5.10 Å². The average Bonchev–Trinajstić information content (AvgIpc) is 3.05. The average molecular weight is 315 g/mol. The molecule has 1 aromatic heterocycles. The molecule has 2 heterocycles. The van der Waals surface area contributed by atoms with Crippen LogP contribution in [-0.2, 0) is 11.3 Å². The molecule has 0 spiro atoms. The Labute approximate surface area is 134 Å². The molecule has 1 fully saturated rings. The summed E-state index contributed by atoms with van der Waals surface area (Å²) in [7, 11) is 1.95. The Morgan fingerprint density at radius 2 is 2.22 bits per heavy atom. The number of benzene rings is 1. The topological polar surface area (TPSA) is 94.1 Å². The van der Waals surface area contributed by atoms with Crippen LogP contribution >= 0.6 is 0 Å². The summed E-state index contributed by atoms with van der Waals surface area (Å²) in [5.74, 6) is 0.648. The molecule has 1 saturated heterocycles. The monoisotopic (exact) mass is 315 g/mol. The van der Waals surface area contributed by atoms with Gasteiger partial charge in [0.25, 0.3) is 0 Å². The van der Waals surface area contributed by atoms with Gasteiger partial charge in [-0.15, -0.1) is 0 Å². The van der Waals surface area contributed by atoms with Crippen LogP contribution in [0.2, 0.25) is 0 Å². The van der Waals surface area contributed by atoms with Crippen molar-refractivity contribution in [3.05, 3.63) is 36.2 Å². The van der Waals surface area contributed by atoms with Crippen LogP contribution in [0.25, 0.3) is 11.4 Å². The minimum absolute atomic E-state index is 0.151. The third kappa shape index (κ3) is 3.75. The van der Waals surface area contributed by atoms with Crippen molar-refractivity contribution in [2.45, 2.75) is 19.1 Å². The van der Waals surface area contributed by atoms with E-state index in [9.17, 15) is 9.90 Å². The van der Waals surface area contributed by atoms with Gasteiger partial charge in [0.1, 0.15) is 5.82 Å². The third-order valence-corrected chi connectivity index (χ3v) is 4.11. The largest absolute Gasteiger partial charge is 0.392 e. The molecule has 2 atom stereocenters. The zero-order chi connectivity index (χ0) is 16.2. The molecule has 0 aliphatic carbocycles. The van der Waals surface area contributed by atoms with E-state index in [0.717, 1.165) is 12.1 Å². The molecule has 1 aromatic carbocycles. The van der Waals surface area contributed by atoms with Crippen LogP contribution in [-0.4, -0.2) is 57.3 Å². The smallest absolute Gasteiger partial charge is 0.227 e. The number of aromatic nitrogens is 3. The first kappa shape index (κ1) is 15.6. The van der Waals surface area contributed by atoms with Crippen LogP contribution in [0.4, 0.5) is 0 Å². The number of hydrogen-bond acceptors (Lipinski definition) is 5. The van der Waals surface area contributed by atoms with Gasteiger partial charge in [0, 0.05) is 18.7 Å². The third-order valence-electron chi connectivity index (χ3n) is 4.11. The Hall–Kier alpha value is -2.25. The molecule has 122 valence electrons. The summed E-state index contributed by atoms with van der Waals surface area (Å²) < 4.78 is 0. The van der Waals surface area contributed by atoms with Crippen LogP contribution in [0.1, 0.15) is 12.2 Å². The highest BCUT2D eigenvalue weighted by molar-refractivity contribution is 5.79. The number of nitrogens with zero attached hydrogens (tertiary/aromatic N) is 3. The van der Waals surface area contributed by atoms with Gasteiger partial charge in [-0.25, -0.2) is 4.98 Å². The highest BCUT2D eigenvalue weighted by Gasteiger charge is 2.31. The maximum absolute atomic E-state index is 12.2. The van der Waals surface area contributed by atoms with E-state index in [-0.39, 0.29) is 12.5 Å². The number of amides is 1. The van der Waals surface area contributed by atoms with Crippen molar-refractivity contribution >= 4 is 5.91 Å². The van der Waals surface area contributed by atoms with Crippen molar-refractivity contribution in [1.29, 1.82) is 0 Å². The number of likely N-dealkylation sites (tertiary alicyclic amines) is 1. The zero-order valence-electron chi connectivity index (χ0n) is 13.1. The number of aliphatic hydroxyl groups is 1. The molecule has 0 saturated carbocycles. The lowest BCUT2D eigenvalue weighted by molar-refractivity contribution is -0.131. The Morgan fingerprint density at radius 3 is 3.00 bits per heavy atom. The summed E-state index contributed by atoms with van der Waals surface area (Å²) in [6.07, 6.45) is 0.0375. The first-order valence-electron chi connectivity index (χ1n) is 7.74. The number of carbonyl (C=O) groups excluding carboxylic acids is 1. The number of nitrogens with one attached hydrogen (secondary N) is 2. The fraction of sp³-hybridized carbons (Fsp3) is 0.438. The zero-order valence-corrected chi connectivity index (χ0v) is 13.1. The van der Waals surface area contributed by atoms with Gasteiger partial charge in [0.05, 0.1) is 18.6 Å². The van der Waals surface area contributed by atoms with Crippen LogP contribution < -0.4 is 5.32 Å². The molecule has 7 nitrogen and oxygen atoms in total. The van der Waals surface area contributed by atoms with Crippen LogP contribution in [0, 0.1) is 5.92 Å². The number of rotatable bonds is 4. The summed E-state index contributed by atoms with van der Waals surface area (Å²) in [6.45, 7) is 1.65. The van der Waals surface area contributed by atoms with Gasteiger partial charge in [0.15, 0.2) is 5.82 Å². The minimum Gasteiger partial charge on any atom is -0.392 e. The highest BCUT2D eigenvalue weighted by atomic mass is 16.3. The fourth-order valence-corrected chi connectivity index (χ4v) is 2.75. The van der Waals surface area contributed by atoms with Crippen LogP contribution in [0.5, 0.6) is 0 Å². The summed E-state index contributed by atoms with van der Waals surface area (Å²) in [5.41, 5.74) is 0.922. The second kappa shape index (κ2) is 6.89. The number of H-pyrrole nitrogens is 1. The molecular weight excluding hydrogens is 294 g/mol. The molecule has 23 heavy (non-hydrogen) atoms. The number of aliphatic hydroxyl groups excluding tert-OH is 1. The second-order valence-corrected chi connectivity index (χ2v) is 5.91. The number of hydrogen-bond donors (Lipinski definition) is 3. The number of carbonyl (C=O) groups is 1. The van der Waals surface area contributed by atoms with Crippen molar-refractivity contribution in [1.82, 2.24) is 25.4 Å². The normalized spacial score (nSPS) is 22.0. The Morgan fingerprint density at radius 1 is 1.43 bits per heavy atom. The second-order valence-electron chi connectivity index (χ2n) is 5.91. The van der Waals surface area contributed by atoms with Gasteiger partial charge < -0.3 is 15.3 Å². The molecule has 0 bridgehead atoms. The molecule has 1 amide bonds. The van der Waals surface area contributed by atoms with Gasteiger partial charge >= 0.3 is 0 Å². The standard InChI is InChI=1S/C16H21N5O2/c1-21-8-7-13(22)12(10-21)16(23)17-9-14-18-15(20-19-14)11-5-3-2-4-6-11/h2-6,12-13,22H,7-10H2,1H3,(H,17,23)(H,18,19,20)/t12-,13-/m1/s1. The van der Waals surface area contributed by atoms with Crippen LogP contribution in [0.3, 0.4) is 0 Å². The molecule has 0 radical (unpaired) electrons. The van der Waals surface area contributed by atoms with Gasteiger partial charge in [0.2, 0.25) is 5.91 Å². The van der Waals surface area contributed by atoms with E-state index in [0.29, 0.717) is 24.6 Å². The first-order valence-corrected chi connectivity index (χ1v) is 7.74. The van der Waals surface area contributed by atoms with Crippen molar-refractivity contribution in [2.24, 2.45) is 5.92 Å². The maximum Gasteiger partial charge on any atom is 0.227 e. The molecule has 7 heteroatoms. The van der Waals surface area contributed by atoms with E-state index in [1.54, 1.807) is 0 Å². The maximum atomic E-state index is 12.2. The quantitative estimate of drug-likeness (QED) is 0.759. The van der Waals surface area contributed by atoms with E-state index in [4.69, 9.17) is 0 Å². The molecular formula is C16H21N5O2. The fourth-order valence-electron chi connectivity index (χ4n) is 2.75. The van der Waals surface area contributed by atoms with E-state index >= 15 is 0 Å². The van der Waals surface area contributed by atoms with Crippen molar-refractivity contribution < 1.29 is 9.90 Å². The van der Waals surface area contributed by atoms with Crippen molar-refractivity contribution in [3.8, 4) is 11.4 Å². The van der Waals surface area contributed by atoms with Crippen molar-refractivity contribution in [3.63, 3.8) is 0 Å². The summed E-state index contributed by atoms with van der Waals surface area (Å²) >= 11 is 0. The van der Waals surface area contributed by atoms with Gasteiger partial charge in [-0.1, -0.05) is 30.3 Å². The van der Waals surface area contributed by atoms with E-state index in [1.807, 2.05) is 37.4 Å². The van der Waals surface area contributed by atoms with Gasteiger partial charge in [-0.05, 0) is 13.5 Å². The van der Waals surface area contributed by atoms with E-state index < -0.39 is 12.0 Å².